The lowest BCUT2D eigenvalue weighted by molar-refractivity contribution is -0.141. The molecule has 1 aliphatic carbocycles. The Morgan fingerprint density at radius 3 is 2.36 bits per heavy atom. The standard InChI is InChI=1S/C28H30FN3O4/c29-23-15-8-7-14-22(23)26(28(35)31-21-12-5-2-6-13-21)32(19-20-10-3-1-4-11-20)25(33)18-30-27(34)24-16-9-17-36-24/h1,3-4,7-11,14-17,21,26H,2,5-6,12-13,18-19H2,(H,30,34)(H,31,35)/t26-/m1/s1. The molecule has 1 heterocycles. The normalized spacial score (nSPS) is 14.6. The van der Waals surface area contributed by atoms with Crippen molar-refractivity contribution in [2.45, 2.75) is 50.7 Å². The van der Waals surface area contributed by atoms with E-state index in [1.165, 1.54) is 29.4 Å². The van der Waals surface area contributed by atoms with Gasteiger partial charge in [0.05, 0.1) is 12.8 Å². The van der Waals surface area contributed by atoms with Gasteiger partial charge in [0.15, 0.2) is 5.76 Å². The summed E-state index contributed by atoms with van der Waals surface area (Å²) < 4.78 is 20.1. The first kappa shape index (κ1) is 25.2. The van der Waals surface area contributed by atoms with Gasteiger partial charge in [0.1, 0.15) is 11.9 Å². The van der Waals surface area contributed by atoms with Crippen LogP contribution in [0.5, 0.6) is 0 Å². The highest BCUT2D eigenvalue weighted by molar-refractivity contribution is 5.95. The predicted octanol–water partition coefficient (Wildman–Crippen LogP) is 4.37. The van der Waals surface area contributed by atoms with E-state index in [-0.39, 0.29) is 30.5 Å². The van der Waals surface area contributed by atoms with Crippen LogP contribution in [0.2, 0.25) is 0 Å². The highest BCUT2D eigenvalue weighted by Gasteiger charge is 2.34. The van der Waals surface area contributed by atoms with Gasteiger partial charge in [-0.05, 0) is 36.6 Å². The van der Waals surface area contributed by atoms with Crippen LogP contribution in [0.4, 0.5) is 4.39 Å². The first-order valence-corrected chi connectivity index (χ1v) is 12.2. The molecule has 1 aromatic heterocycles. The lowest BCUT2D eigenvalue weighted by atomic mass is 9.94. The fraction of sp³-hybridized carbons (Fsp3) is 0.321. The van der Waals surface area contributed by atoms with E-state index >= 15 is 4.39 Å². The van der Waals surface area contributed by atoms with Crippen LogP contribution in [0.25, 0.3) is 0 Å². The molecular weight excluding hydrogens is 461 g/mol. The average molecular weight is 492 g/mol. The summed E-state index contributed by atoms with van der Waals surface area (Å²) >= 11 is 0. The molecule has 1 aliphatic rings. The summed E-state index contributed by atoms with van der Waals surface area (Å²) in [6, 6.07) is 17.0. The number of hydrogen-bond acceptors (Lipinski definition) is 4. The smallest absolute Gasteiger partial charge is 0.287 e. The fourth-order valence-corrected chi connectivity index (χ4v) is 4.53. The lowest BCUT2D eigenvalue weighted by Gasteiger charge is -2.33. The number of halogens is 1. The molecule has 188 valence electrons. The molecule has 1 saturated carbocycles. The van der Waals surface area contributed by atoms with E-state index in [1.54, 1.807) is 18.2 Å². The van der Waals surface area contributed by atoms with E-state index in [9.17, 15) is 14.4 Å². The maximum atomic E-state index is 15.0. The van der Waals surface area contributed by atoms with Crippen molar-refractivity contribution in [3.05, 3.63) is 95.7 Å². The van der Waals surface area contributed by atoms with E-state index in [0.29, 0.717) is 0 Å². The predicted molar refractivity (Wildman–Crippen MR) is 132 cm³/mol. The van der Waals surface area contributed by atoms with Crippen molar-refractivity contribution < 1.29 is 23.2 Å². The third kappa shape index (κ3) is 6.38. The van der Waals surface area contributed by atoms with Crippen molar-refractivity contribution in [1.29, 1.82) is 0 Å². The first-order valence-electron chi connectivity index (χ1n) is 12.2. The van der Waals surface area contributed by atoms with Gasteiger partial charge in [0.25, 0.3) is 5.91 Å². The number of nitrogens with one attached hydrogen (secondary N) is 2. The molecule has 0 unspecified atom stereocenters. The summed E-state index contributed by atoms with van der Waals surface area (Å²) in [5.74, 6) is -2.02. The summed E-state index contributed by atoms with van der Waals surface area (Å²) in [5, 5.41) is 5.59. The summed E-state index contributed by atoms with van der Waals surface area (Å²) in [4.78, 5) is 40.9. The number of amides is 3. The molecule has 4 rings (SSSR count). The molecule has 0 spiro atoms. The molecular formula is C28H30FN3O4. The maximum Gasteiger partial charge on any atom is 0.287 e. The number of furan rings is 1. The van der Waals surface area contributed by atoms with Crippen molar-refractivity contribution in [3.63, 3.8) is 0 Å². The largest absolute Gasteiger partial charge is 0.459 e. The SMILES string of the molecule is O=C(NCC(=O)N(Cc1ccccc1)[C@@H](C(=O)NC1CCCCC1)c1ccccc1F)c1ccco1. The van der Waals surface area contributed by atoms with E-state index in [1.807, 2.05) is 30.3 Å². The minimum atomic E-state index is -1.21. The fourth-order valence-electron chi connectivity index (χ4n) is 4.53. The van der Waals surface area contributed by atoms with Gasteiger partial charge in [-0.25, -0.2) is 4.39 Å². The Labute approximate surface area is 209 Å². The quantitative estimate of drug-likeness (QED) is 0.465. The first-order chi connectivity index (χ1) is 17.5. The van der Waals surface area contributed by atoms with Crippen molar-refractivity contribution in [2.24, 2.45) is 0 Å². The molecule has 0 saturated heterocycles. The molecule has 1 atom stereocenters. The minimum Gasteiger partial charge on any atom is -0.459 e. The van der Waals surface area contributed by atoms with Crippen LogP contribution in [0, 0.1) is 5.82 Å². The van der Waals surface area contributed by atoms with Gasteiger partial charge in [-0.3, -0.25) is 14.4 Å². The molecule has 1 fully saturated rings. The van der Waals surface area contributed by atoms with Gasteiger partial charge in [0.2, 0.25) is 11.8 Å². The number of carbonyl (C=O) groups is 3. The molecule has 2 N–H and O–H groups in total. The Hall–Kier alpha value is -3.94. The summed E-state index contributed by atoms with van der Waals surface area (Å²) in [6.45, 7) is -0.318. The highest BCUT2D eigenvalue weighted by atomic mass is 19.1. The minimum absolute atomic E-state index is 0.0205. The zero-order valence-corrected chi connectivity index (χ0v) is 20.0. The summed E-state index contributed by atoms with van der Waals surface area (Å²) in [5.41, 5.74) is 0.877. The van der Waals surface area contributed by atoms with Crippen LogP contribution < -0.4 is 10.6 Å². The second kappa shape index (κ2) is 12.2. The van der Waals surface area contributed by atoms with Crippen LogP contribution in [0.1, 0.15) is 59.8 Å². The number of benzene rings is 2. The van der Waals surface area contributed by atoms with E-state index in [4.69, 9.17) is 4.42 Å². The van der Waals surface area contributed by atoms with Gasteiger partial charge in [-0.15, -0.1) is 0 Å². The monoisotopic (exact) mass is 491 g/mol. The Kier molecular flexibility index (Phi) is 8.49. The Bertz CT molecular complexity index is 1160. The molecule has 3 aromatic rings. The molecule has 36 heavy (non-hydrogen) atoms. The van der Waals surface area contributed by atoms with Gasteiger partial charge in [-0.1, -0.05) is 67.8 Å². The topological polar surface area (TPSA) is 91.7 Å². The van der Waals surface area contributed by atoms with Crippen LogP contribution >= 0.6 is 0 Å². The second-order valence-electron chi connectivity index (χ2n) is 8.93. The van der Waals surface area contributed by atoms with Crippen molar-refractivity contribution >= 4 is 17.7 Å². The molecule has 0 bridgehead atoms. The molecule has 2 aromatic carbocycles. The summed E-state index contributed by atoms with van der Waals surface area (Å²) in [6.07, 6.45) is 6.21. The zero-order chi connectivity index (χ0) is 25.3. The van der Waals surface area contributed by atoms with Gasteiger partial charge >= 0.3 is 0 Å². The van der Waals surface area contributed by atoms with Crippen LogP contribution in [-0.4, -0.2) is 35.2 Å². The number of hydrogen-bond donors (Lipinski definition) is 2. The Morgan fingerprint density at radius 2 is 1.67 bits per heavy atom. The highest BCUT2D eigenvalue weighted by Crippen LogP contribution is 2.27. The maximum absolute atomic E-state index is 15.0. The third-order valence-corrected chi connectivity index (χ3v) is 6.37. The van der Waals surface area contributed by atoms with Crippen LogP contribution in [0.15, 0.2) is 77.4 Å². The van der Waals surface area contributed by atoms with E-state index in [2.05, 4.69) is 10.6 Å². The molecule has 0 aliphatic heterocycles. The van der Waals surface area contributed by atoms with E-state index in [0.717, 1.165) is 37.7 Å². The molecule has 7 nitrogen and oxygen atoms in total. The average Bonchev–Trinajstić information content (AvgIpc) is 3.44. The third-order valence-electron chi connectivity index (χ3n) is 6.37. The van der Waals surface area contributed by atoms with Crippen molar-refractivity contribution in [1.82, 2.24) is 15.5 Å². The van der Waals surface area contributed by atoms with Gasteiger partial charge in [-0.2, -0.15) is 0 Å². The summed E-state index contributed by atoms with van der Waals surface area (Å²) in [7, 11) is 0. The Balaban J connectivity index is 1.63. The van der Waals surface area contributed by atoms with Gasteiger partial charge in [0, 0.05) is 18.2 Å². The number of nitrogens with zero attached hydrogens (tertiary/aromatic N) is 1. The molecule has 8 heteroatoms. The van der Waals surface area contributed by atoms with Gasteiger partial charge < -0.3 is 20.0 Å². The Morgan fingerprint density at radius 1 is 0.944 bits per heavy atom. The lowest BCUT2D eigenvalue weighted by Crippen LogP contribution is -2.49. The van der Waals surface area contributed by atoms with E-state index < -0.39 is 29.6 Å². The number of carbonyl (C=O) groups excluding carboxylic acids is 3. The number of rotatable bonds is 9. The van der Waals surface area contributed by atoms with Crippen LogP contribution in [-0.2, 0) is 16.1 Å². The molecule has 0 radical (unpaired) electrons. The van der Waals surface area contributed by atoms with Crippen molar-refractivity contribution in [3.8, 4) is 0 Å². The van der Waals surface area contributed by atoms with Crippen LogP contribution in [0.3, 0.4) is 0 Å². The second-order valence-corrected chi connectivity index (χ2v) is 8.93. The zero-order valence-electron chi connectivity index (χ0n) is 20.0. The molecule has 3 amide bonds. The van der Waals surface area contributed by atoms with Crippen molar-refractivity contribution in [2.75, 3.05) is 6.54 Å².